The average Bonchev–Trinajstić information content (AvgIpc) is 2.56. The van der Waals surface area contributed by atoms with Crippen molar-refractivity contribution in [3.8, 4) is 0 Å². The third kappa shape index (κ3) is 0.505. The Morgan fingerprint density at radius 3 is 3.15 bits per heavy atom. The number of allylic oxidation sites excluding steroid dienone is 1. The Bertz CT molecular complexity index is 332. The third-order valence-corrected chi connectivity index (χ3v) is 5.66. The molecule has 0 aromatic heterocycles. The van der Waals surface area contributed by atoms with Crippen LogP contribution < -0.4 is 5.73 Å². The molecule has 4 aliphatic rings. The van der Waals surface area contributed by atoms with Gasteiger partial charge in [0.05, 0.1) is 0 Å². The van der Waals surface area contributed by atoms with Crippen LogP contribution in [0, 0.1) is 22.7 Å². The van der Waals surface area contributed by atoms with Gasteiger partial charge in [-0.2, -0.15) is 0 Å². The molecule has 3 fully saturated rings. The summed E-state index contributed by atoms with van der Waals surface area (Å²) in [4.78, 5) is 0. The van der Waals surface area contributed by atoms with Crippen LogP contribution in [0.25, 0.3) is 0 Å². The van der Waals surface area contributed by atoms with Crippen molar-refractivity contribution in [1.82, 2.24) is 0 Å². The van der Waals surface area contributed by atoms with E-state index in [1.54, 1.807) is 5.57 Å². The zero-order chi connectivity index (χ0) is 8.84. The molecule has 0 radical (unpaired) electrons. The molecule has 3 saturated carbocycles. The van der Waals surface area contributed by atoms with Crippen LogP contribution in [0.4, 0.5) is 0 Å². The average molecular weight is 175 g/mol. The lowest BCUT2D eigenvalue weighted by molar-refractivity contribution is 0.266. The van der Waals surface area contributed by atoms with Crippen molar-refractivity contribution in [2.75, 3.05) is 0 Å². The predicted octanol–water partition coefficient (Wildman–Crippen LogP) is 2.08. The van der Waals surface area contributed by atoms with E-state index in [1.165, 1.54) is 25.7 Å². The second-order valence-electron chi connectivity index (χ2n) is 5.98. The van der Waals surface area contributed by atoms with Gasteiger partial charge in [0.1, 0.15) is 0 Å². The van der Waals surface area contributed by atoms with Gasteiger partial charge in [-0.25, -0.2) is 0 Å². The van der Waals surface area contributed by atoms with Crippen molar-refractivity contribution < 1.29 is 0 Å². The van der Waals surface area contributed by atoms with Gasteiger partial charge >= 0.3 is 0 Å². The van der Waals surface area contributed by atoms with Crippen molar-refractivity contribution >= 4 is 0 Å². The first kappa shape index (κ1) is 7.05. The number of fused-ring (bicyclic) bond motifs is 1. The molecule has 1 heteroatoms. The maximum Gasteiger partial charge on any atom is 0.0292 e. The van der Waals surface area contributed by atoms with Gasteiger partial charge in [-0.1, -0.05) is 18.6 Å². The fourth-order valence-electron chi connectivity index (χ4n) is 4.88. The van der Waals surface area contributed by atoms with Gasteiger partial charge in [-0.15, -0.1) is 0 Å². The van der Waals surface area contributed by atoms with Gasteiger partial charge in [0.15, 0.2) is 0 Å². The molecule has 0 saturated heterocycles. The highest BCUT2D eigenvalue weighted by atomic mass is 14.9. The van der Waals surface area contributed by atoms with E-state index in [-0.39, 0.29) is 0 Å². The standard InChI is InChI=1S/C12H17N/c1-7-2-9-3-10(13)12-5-8(7)4-11(9,12)6-12/h3,7-8,10H,2,4-6,13H2,1H3/t7-,8?,10?,11?,12?/m1/s1. The highest BCUT2D eigenvalue weighted by molar-refractivity contribution is 5.47. The van der Waals surface area contributed by atoms with Crippen molar-refractivity contribution in [3.05, 3.63) is 11.6 Å². The molecule has 4 unspecified atom stereocenters. The summed E-state index contributed by atoms with van der Waals surface area (Å²) >= 11 is 0. The number of hydrogen-bond donors (Lipinski definition) is 1. The van der Waals surface area contributed by atoms with Crippen molar-refractivity contribution in [2.45, 2.75) is 38.6 Å². The minimum Gasteiger partial charge on any atom is -0.324 e. The van der Waals surface area contributed by atoms with Crippen LogP contribution in [0.2, 0.25) is 0 Å². The van der Waals surface area contributed by atoms with Crippen LogP contribution >= 0.6 is 0 Å². The molecule has 0 amide bonds. The van der Waals surface area contributed by atoms with Crippen LogP contribution in [0.1, 0.15) is 32.6 Å². The monoisotopic (exact) mass is 175 g/mol. The van der Waals surface area contributed by atoms with Gasteiger partial charge < -0.3 is 5.73 Å². The van der Waals surface area contributed by atoms with Crippen LogP contribution in [-0.2, 0) is 0 Å². The smallest absolute Gasteiger partial charge is 0.0292 e. The van der Waals surface area contributed by atoms with Gasteiger partial charge in [0.25, 0.3) is 0 Å². The summed E-state index contributed by atoms with van der Waals surface area (Å²) in [7, 11) is 0. The molecular weight excluding hydrogens is 158 g/mol. The molecule has 0 heterocycles. The molecular formula is C12H17N. The summed E-state index contributed by atoms with van der Waals surface area (Å²) in [5, 5.41) is 0. The fraction of sp³-hybridized carbons (Fsp3) is 0.833. The van der Waals surface area contributed by atoms with E-state index in [0.717, 1.165) is 11.8 Å². The summed E-state index contributed by atoms with van der Waals surface area (Å²) in [6, 6.07) is 0.417. The summed E-state index contributed by atoms with van der Waals surface area (Å²) < 4.78 is 0. The largest absolute Gasteiger partial charge is 0.324 e. The highest BCUT2D eigenvalue weighted by Gasteiger charge is 2.79. The molecule has 4 aliphatic carbocycles. The topological polar surface area (TPSA) is 26.0 Å². The lowest BCUT2D eigenvalue weighted by Gasteiger charge is -2.32. The van der Waals surface area contributed by atoms with Crippen LogP contribution in [-0.4, -0.2) is 6.04 Å². The zero-order valence-corrected chi connectivity index (χ0v) is 8.22. The Morgan fingerprint density at radius 1 is 1.46 bits per heavy atom. The molecule has 13 heavy (non-hydrogen) atoms. The van der Waals surface area contributed by atoms with E-state index in [1.807, 2.05) is 0 Å². The van der Waals surface area contributed by atoms with Crippen molar-refractivity contribution in [3.63, 3.8) is 0 Å². The fourth-order valence-corrected chi connectivity index (χ4v) is 4.88. The Kier molecular flexibility index (Phi) is 0.882. The maximum atomic E-state index is 6.25. The SMILES string of the molecule is C[C@@H]1CC2=CC(N)C34CC1CC23C4. The molecule has 2 bridgehead atoms. The van der Waals surface area contributed by atoms with Gasteiger partial charge in [0, 0.05) is 6.04 Å². The molecule has 4 rings (SSSR count). The van der Waals surface area contributed by atoms with Gasteiger partial charge in [-0.3, -0.25) is 0 Å². The minimum atomic E-state index is 0.417. The Hall–Kier alpha value is -0.300. The van der Waals surface area contributed by atoms with Crippen LogP contribution in [0.15, 0.2) is 11.6 Å². The third-order valence-electron chi connectivity index (χ3n) is 5.66. The highest BCUT2D eigenvalue weighted by Crippen LogP contribution is 2.85. The van der Waals surface area contributed by atoms with Crippen molar-refractivity contribution in [1.29, 1.82) is 0 Å². The number of hydrogen-bond acceptors (Lipinski definition) is 1. The second-order valence-corrected chi connectivity index (χ2v) is 5.98. The van der Waals surface area contributed by atoms with Gasteiger partial charge in [0.2, 0.25) is 0 Å². The molecule has 5 atom stereocenters. The molecule has 1 nitrogen and oxygen atoms in total. The summed E-state index contributed by atoms with van der Waals surface area (Å²) in [6.45, 7) is 2.43. The van der Waals surface area contributed by atoms with Crippen LogP contribution in [0.5, 0.6) is 0 Å². The predicted molar refractivity (Wildman–Crippen MR) is 52.0 cm³/mol. The molecule has 0 aliphatic heterocycles. The normalized spacial score (nSPS) is 66.3. The lowest BCUT2D eigenvalue weighted by atomic mass is 9.73. The summed E-state index contributed by atoms with van der Waals surface area (Å²) in [6.07, 6.45) is 8.13. The molecule has 70 valence electrons. The van der Waals surface area contributed by atoms with E-state index in [0.29, 0.717) is 16.9 Å². The Morgan fingerprint density at radius 2 is 2.31 bits per heavy atom. The first-order valence-corrected chi connectivity index (χ1v) is 5.65. The van der Waals surface area contributed by atoms with E-state index < -0.39 is 0 Å². The Balaban J connectivity index is 1.91. The lowest BCUT2D eigenvalue weighted by Crippen LogP contribution is -2.29. The van der Waals surface area contributed by atoms with E-state index in [9.17, 15) is 0 Å². The quantitative estimate of drug-likeness (QED) is 0.560. The van der Waals surface area contributed by atoms with Crippen molar-refractivity contribution in [2.24, 2.45) is 28.4 Å². The first-order valence-electron chi connectivity index (χ1n) is 5.65. The zero-order valence-electron chi connectivity index (χ0n) is 8.22. The minimum absolute atomic E-state index is 0.417. The summed E-state index contributed by atoms with van der Waals surface area (Å²) in [5.41, 5.74) is 9.23. The van der Waals surface area contributed by atoms with E-state index >= 15 is 0 Å². The molecule has 1 spiro atoms. The number of rotatable bonds is 0. The first-order chi connectivity index (χ1) is 6.18. The van der Waals surface area contributed by atoms with E-state index in [2.05, 4.69) is 13.0 Å². The molecule has 0 aromatic carbocycles. The summed E-state index contributed by atoms with van der Waals surface area (Å²) in [5.74, 6) is 1.95. The maximum absolute atomic E-state index is 6.25. The second kappa shape index (κ2) is 1.63. The van der Waals surface area contributed by atoms with Crippen LogP contribution in [0.3, 0.4) is 0 Å². The van der Waals surface area contributed by atoms with E-state index in [4.69, 9.17) is 5.73 Å². The Labute approximate surface area is 79.4 Å². The molecule has 0 aromatic rings. The molecule has 2 N–H and O–H groups in total. The van der Waals surface area contributed by atoms with Gasteiger partial charge in [-0.05, 0) is 48.3 Å². The number of nitrogens with two attached hydrogens (primary N) is 1.